The van der Waals surface area contributed by atoms with Gasteiger partial charge in [-0.3, -0.25) is 0 Å². The van der Waals surface area contributed by atoms with Crippen LogP contribution in [0.3, 0.4) is 0 Å². The van der Waals surface area contributed by atoms with Gasteiger partial charge in [-0.05, 0) is 26.7 Å². The molecule has 0 radical (unpaired) electrons. The molecule has 0 aliphatic carbocycles. The number of hydrogen-bond acceptors (Lipinski definition) is 3. The third kappa shape index (κ3) is 5.18. The fourth-order valence-electron chi connectivity index (χ4n) is 0.734. The Kier molecular flexibility index (Phi) is 4.65. The molecule has 0 saturated heterocycles. The van der Waals surface area contributed by atoms with Gasteiger partial charge in [0.25, 0.3) is 0 Å². The Morgan fingerprint density at radius 3 is 2.45 bits per heavy atom. The monoisotopic (exact) mass is 161 g/mol. The molecule has 0 saturated carbocycles. The highest BCUT2D eigenvalue weighted by molar-refractivity contribution is 4.70. The highest BCUT2D eigenvalue weighted by atomic mass is 16.5. The molecular formula is C8H19NO2. The summed E-state index contributed by atoms with van der Waals surface area (Å²) in [6, 6.07) is 0. The second-order valence-corrected chi connectivity index (χ2v) is 3.39. The van der Waals surface area contributed by atoms with Gasteiger partial charge in [0.2, 0.25) is 0 Å². The minimum Gasteiger partial charge on any atom is -0.392 e. The van der Waals surface area contributed by atoms with Gasteiger partial charge < -0.3 is 15.6 Å². The molecule has 0 aliphatic rings. The van der Waals surface area contributed by atoms with E-state index in [-0.39, 0.29) is 11.7 Å². The van der Waals surface area contributed by atoms with Crippen LogP contribution in [0.25, 0.3) is 0 Å². The SMILES string of the molecule is COC(C)(C)CCC(O)CN. The van der Waals surface area contributed by atoms with Crippen LogP contribution in [0.4, 0.5) is 0 Å². The molecular weight excluding hydrogens is 142 g/mol. The smallest absolute Gasteiger partial charge is 0.0663 e. The topological polar surface area (TPSA) is 55.5 Å². The van der Waals surface area contributed by atoms with Gasteiger partial charge in [0.15, 0.2) is 0 Å². The molecule has 0 heterocycles. The van der Waals surface area contributed by atoms with Crippen molar-refractivity contribution in [1.29, 1.82) is 0 Å². The number of methoxy groups -OCH3 is 1. The lowest BCUT2D eigenvalue weighted by atomic mass is 10.0. The van der Waals surface area contributed by atoms with Gasteiger partial charge in [-0.25, -0.2) is 0 Å². The Morgan fingerprint density at radius 2 is 2.09 bits per heavy atom. The Labute approximate surface area is 68.5 Å². The van der Waals surface area contributed by atoms with E-state index in [2.05, 4.69) is 0 Å². The summed E-state index contributed by atoms with van der Waals surface area (Å²) in [6.45, 7) is 4.33. The Balaban J connectivity index is 3.52. The lowest BCUT2D eigenvalue weighted by Crippen LogP contribution is -2.27. The first-order valence-corrected chi connectivity index (χ1v) is 3.95. The minimum atomic E-state index is -0.385. The highest BCUT2D eigenvalue weighted by Gasteiger charge is 2.17. The van der Waals surface area contributed by atoms with Gasteiger partial charge in [-0.15, -0.1) is 0 Å². The van der Waals surface area contributed by atoms with Crippen molar-refractivity contribution in [2.45, 2.75) is 38.4 Å². The average molecular weight is 161 g/mol. The van der Waals surface area contributed by atoms with E-state index >= 15 is 0 Å². The molecule has 0 aromatic carbocycles. The second-order valence-electron chi connectivity index (χ2n) is 3.39. The quantitative estimate of drug-likeness (QED) is 0.617. The van der Waals surface area contributed by atoms with Crippen molar-refractivity contribution in [3.63, 3.8) is 0 Å². The van der Waals surface area contributed by atoms with E-state index in [1.807, 2.05) is 13.8 Å². The van der Waals surface area contributed by atoms with E-state index in [1.54, 1.807) is 7.11 Å². The number of aliphatic hydroxyl groups is 1. The van der Waals surface area contributed by atoms with Crippen LogP contribution in [0, 0.1) is 0 Å². The van der Waals surface area contributed by atoms with Crippen LogP contribution in [0.2, 0.25) is 0 Å². The summed E-state index contributed by atoms with van der Waals surface area (Å²) in [4.78, 5) is 0. The molecule has 68 valence electrons. The van der Waals surface area contributed by atoms with Crippen molar-refractivity contribution in [1.82, 2.24) is 0 Å². The third-order valence-corrected chi connectivity index (χ3v) is 1.90. The first kappa shape index (κ1) is 10.9. The fraction of sp³-hybridized carbons (Fsp3) is 1.00. The van der Waals surface area contributed by atoms with Crippen LogP contribution < -0.4 is 5.73 Å². The van der Waals surface area contributed by atoms with Crippen molar-refractivity contribution in [3.05, 3.63) is 0 Å². The van der Waals surface area contributed by atoms with Crippen LogP contribution in [0.1, 0.15) is 26.7 Å². The lowest BCUT2D eigenvalue weighted by molar-refractivity contribution is 0.00382. The van der Waals surface area contributed by atoms with Crippen LogP contribution in [-0.4, -0.2) is 30.5 Å². The molecule has 1 unspecified atom stereocenters. The van der Waals surface area contributed by atoms with Crippen molar-refractivity contribution in [2.75, 3.05) is 13.7 Å². The van der Waals surface area contributed by atoms with Crippen LogP contribution >= 0.6 is 0 Å². The normalized spacial score (nSPS) is 15.0. The first-order valence-electron chi connectivity index (χ1n) is 3.95. The number of nitrogens with two attached hydrogens (primary N) is 1. The largest absolute Gasteiger partial charge is 0.392 e. The van der Waals surface area contributed by atoms with Crippen molar-refractivity contribution < 1.29 is 9.84 Å². The molecule has 3 N–H and O–H groups in total. The molecule has 0 amide bonds. The Hall–Kier alpha value is -0.120. The maximum absolute atomic E-state index is 9.14. The number of ether oxygens (including phenoxy) is 1. The van der Waals surface area contributed by atoms with Crippen LogP contribution in [0.5, 0.6) is 0 Å². The number of rotatable bonds is 5. The van der Waals surface area contributed by atoms with Crippen molar-refractivity contribution >= 4 is 0 Å². The highest BCUT2D eigenvalue weighted by Crippen LogP contribution is 2.16. The van der Waals surface area contributed by atoms with Gasteiger partial charge in [0.1, 0.15) is 0 Å². The van der Waals surface area contributed by atoms with Gasteiger partial charge >= 0.3 is 0 Å². The van der Waals surface area contributed by atoms with Gasteiger partial charge in [-0.1, -0.05) is 0 Å². The lowest BCUT2D eigenvalue weighted by Gasteiger charge is -2.23. The standard InChI is InChI=1S/C8H19NO2/c1-8(2,11-3)5-4-7(10)6-9/h7,10H,4-6,9H2,1-3H3. The van der Waals surface area contributed by atoms with E-state index in [9.17, 15) is 0 Å². The maximum Gasteiger partial charge on any atom is 0.0663 e. The second kappa shape index (κ2) is 4.70. The summed E-state index contributed by atoms with van der Waals surface area (Å²) in [7, 11) is 1.68. The zero-order valence-electron chi connectivity index (χ0n) is 7.63. The molecule has 0 rings (SSSR count). The molecule has 0 aromatic rings. The fourth-order valence-corrected chi connectivity index (χ4v) is 0.734. The van der Waals surface area contributed by atoms with Gasteiger partial charge in [-0.2, -0.15) is 0 Å². The van der Waals surface area contributed by atoms with E-state index in [0.717, 1.165) is 6.42 Å². The van der Waals surface area contributed by atoms with E-state index in [4.69, 9.17) is 15.6 Å². The molecule has 0 spiro atoms. The molecule has 0 aromatic heterocycles. The molecule has 0 fully saturated rings. The first-order chi connectivity index (χ1) is 5.02. The molecule has 11 heavy (non-hydrogen) atoms. The van der Waals surface area contributed by atoms with Crippen molar-refractivity contribution in [3.8, 4) is 0 Å². The predicted molar refractivity (Wildman–Crippen MR) is 45.4 cm³/mol. The Morgan fingerprint density at radius 1 is 1.55 bits per heavy atom. The zero-order chi connectivity index (χ0) is 8.91. The van der Waals surface area contributed by atoms with E-state index < -0.39 is 0 Å². The molecule has 1 atom stereocenters. The minimum absolute atomic E-state index is 0.143. The van der Waals surface area contributed by atoms with Gasteiger partial charge in [0.05, 0.1) is 11.7 Å². The Bertz CT molecular complexity index is 104. The summed E-state index contributed by atoms with van der Waals surface area (Å²) in [5.74, 6) is 0. The summed E-state index contributed by atoms with van der Waals surface area (Å²) in [5.41, 5.74) is 5.11. The number of hydrogen-bond donors (Lipinski definition) is 2. The summed E-state index contributed by atoms with van der Waals surface area (Å²) >= 11 is 0. The molecule has 0 bridgehead atoms. The third-order valence-electron chi connectivity index (χ3n) is 1.90. The molecule has 3 heteroatoms. The zero-order valence-corrected chi connectivity index (χ0v) is 7.63. The van der Waals surface area contributed by atoms with Crippen LogP contribution in [-0.2, 0) is 4.74 Å². The summed E-state index contributed by atoms with van der Waals surface area (Å²) in [6.07, 6.45) is 1.16. The van der Waals surface area contributed by atoms with Gasteiger partial charge in [0, 0.05) is 13.7 Å². The summed E-state index contributed by atoms with van der Waals surface area (Å²) < 4.78 is 5.18. The maximum atomic E-state index is 9.14. The predicted octanol–water partition coefficient (Wildman–Crippen LogP) is 0.511. The molecule has 0 aliphatic heterocycles. The van der Waals surface area contributed by atoms with Crippen molar-refractivity contribution in [2.24, 2.45) is 5.73 Å². The van der Waals surface area contributed by atoms with Crippen LogP contribution in [0.15, 0.2) is 0 Å². The number of aliphatic hydroxyl groups excluding tert-OH is 1. The summed E-state index contributed by atoms with van der Waals surface area (Å²) in [5, 5.41) is 9.14. The van der Waals surface area contributed by atoms with E-state index in [1.165, 1.54) is 0 Å². The average Bonchev–Trinajstić information content (AvgIpc) is 2.00. The van der Waals surface area contributed by atoms with E-state index in [0.29, 0.717) is 13.0 Å². The molecule has 3 nitrogen and oxygen atoms in total.